The molecule has 20 heavy (non-hydrogen) atoms. The van der Waals surface area contributed by atoms with Crippen LogP contribution in [0.15, 0.2) is 27.6 Å². The third kappa shape index (κ3) is 3.32. The highest BCUT2D eigenvalue weighted by atomic mass is 79.9. The summed E-state index contributed by atoms with van der Waals surface area (Å²) in [5.74, 6) is 0.381. The summed E-state index contributed by atoms with van der Waals surface area (Å²) in [4.78, 5) is 0.223. The molecule has 1 aromatic carbocycles. The Kier molecular flexibility index (Phi) is 5.05. The zero-order valence-corrected chi connectivity index (χ0v) is 14.9. The molecule has 1 aliphatic rings. The lowest BCUT2D eigenvalue weighted by Gasteiger charge is -2.33. The van der Waals surface area contributed by atoms with Crippen LogP contribution in [-0.2, 0) is 10.0 Å². The molecule has 2 rings (SSSR count). The van der Waals surface area contributed by atoms with Crippen molar-refractivity contribution in [1.82, 2.24) is 4.31 Å². The van der Waals surface area contributed by atoms with E-state index in [0.29, 0.717) is 29.3 Å². The highest BCUT2D eigenvalue weighted by Gasteiger charge is 2.33. The second kappa shape index (κ2) is 6.25. The molecule has 1 saturated heterocycles. The van der Waals surface area contributed by atoms with Crippen molar-refractivity contribution in [3.8, 4) is 5.75 Å². The van der Waals surface area contributed by atoms with Crippen LogP contribution in [0.3, 0.4) is 0 Å². The van der Waals surface area contributed by atoms with Gasteiger partial charge in [-0.3, -0.25) is 0 Å². The van der Waals surface area contributed by atoms with Crippen molar-refractivity contribution in [3.63, 3.8) is 0 Å². The Bertz CT molecular complexity index is 581. The van der Waals surface area contributed by atoms with Gasteiger partial charge < -0.3 is 4.74 Å². The molecule has 0 amide bonds. The summed E-state index contributed by atoms with van der Waals surface area (Å²) >= 11 is 5.15. The standard InChI is InChI=1S/C13H18BrNO3S2/c1-9-7-15(8-10(2)19-9)20(16,17)13-6-11(14)4-5-12(13)18-3/h4-6,9-10H,7-8H2,1-3H3. The lowest BCUT2D eigenvalue weighted by molar-refractivity contribution is 0.385. The van der Waals surface area contributed by atoms with Crippen molar-refractivity contribution in [2.45, 2.75) is 29.2 Å². The smallest absolute Gasteiger partial charge is 0.246 e. The first kappa shape index (κ1) is 16.1. The van der Waals surface area contributed by atoms with Gasteiger partial charge in [-0.25, -0.2) is 8.42 Å². The summed E-state index contributed by atoms with van der Waals surface area (Å²) in [5, 5.41) is 0.596. The van der Waals surface area contributed by atoms with Crippen LogP contribution >= 0.6 is 27.7 Å². The van der Waals surface area contributed by atoms with Crippen LogP contribution in [0.5, 0.6) is 5.75 Å². The topological polar surface area (TPSA) is 46.6 Å². The molecule has 1 fully saturated rings. The lowest BCUT2D eigenvalue weighted by Crippen LogP contribution is -2.44. The maximum Gasteiger partial charge on any atom is 0.246 e. The van der Waals surface area contributed by atoms with E-state index in [1.807, 2.05) is 11.8 Å². The fraction of sp³-hybridized carbons (Fsp3) is 0.538. The minimum Gasteiger partial charge on any atom is -0.495 e. The number of halogens is 1. The predicted molar refractivity (Wildman–Crippen MR) is 86.0 cm³/mol. The van der Waals surface area contributed by atoms with E-state index in [1.54, 1.807) is 22.5 Å². The van der Waals surface area contributed by atoms with Crippen LogP contribution < -0.4 is 4.74 Å². The van der Waals surface area contributed by atoms with Crippen LogP contribution in [0, 0.1) is 0 Å². The van der Waals surface area contributed by atoms with Gasteiger partial charge in [0.1, 0.15) is 10.6 Å². The number of benzene rings is 1. The minimum atomic E-state index is -3.53. The minimum absolute atomic E-state index is 0.223. The fourth-order valence-electron chi connectivity index (χ4n) is 2.32. The van der Waals surface area contributed by atoms with E-state index in [-0.39, 0.29) is 4.90 Å². The van der Waals surface area contributed by atoms with Gasteiger partial charge in [0.25, 0.3) is 0 Å². The van der Waals surface area contributed by atoms with Crippen molar-refractivity contribution in [1.29, 1.82) is 0 Å². The first-order valence-electron chi connectivity index (χ1n) is 6.33. The molecule has 2 unspecified atom stereocenters. The van der Waals surface area contributed by atoms with Gasteiger partial charge in [0.05, 0.1) is 7.11 Å². The van der Waals surface area contributed by atoms with E-state index in [4.69, 9.17) is 4.74 Å². The molecule has 1 aliphatic heterocycles. The molecule has 0 bridgehead atoms. The normalized spacial score (nSPS) is 24.6. The van der Waals surface area contributed by atoms with Crippen molar-refractivity contribution < 1.29 is 13.2 Å². The number of ether oxygens (including phenoxy) is 1. The molecule has 0 spiro atoms. The Labute approximate surface area is 133 Å². The summed E-state index contributed by atoms with van der Waals surface area (Å²) in [6.07, 6.45) is 0. The molecule has 0 aliphatic carbocycles. The maximum atomic E-state index is 12.8. The van der Waals surface area contributed by atoms with E-state index in [1.165, 1.54) is 7.11 Å². The molecule has 2 atom stereocenters. The summed E-state index contributed by atoms with van der Waals surface area (Å²) in [6, 6.07) is 5.04. The molecule has 0 aromatic heterocycles. The number of sulfonamides is 1. The third-order valence-corrected chi connectivity index (χ3v) is 6.70. The molecular weight excluding hydrogens is 362 g/mol. The highest BCUT2D eigenvalue weighted by molar-refractivity contribution is 9.10. The zero-order valence-electron chi connectivity index (χ0n) is 11.7. The Morgan fingerprint density at radius 2 is 1.90 bits per heavy atom. The van der Waals surface area contributed by atoms with Crippen molar-refractivity contribution in [2.75, 3.05) is 20.2 Å². The molecule has 1 aromatic rings. The van der Waals surface area contributed by atoms with Gasteiger partial charge in [0, 0.05) is 28.1 Å². The Balaban J connectivity index is 2.42. The fourth-order valence-corrected chi connectivity index (χ4v) is 6.14. The zero-order chi connectivity index (χ0) is 14.9. The van der Waals surface area contributed by atoms with Crippen molar-refractivity contribution in [2.24, 2.45) is 0 Å². The maximum absolute atomic E-state index is 12.8. The molecule has 1 heterocycles. The summed E-state index contributed by atoms with van der Waals surface area (Å²) in [5.41, 5.74) is 0. The second-order valence-electron chi connectivity index (χ2n) is 4.87. The average Bonchev–Trinajstić information content (AvgIpc) is 2.37. The number of rotatable bonds is 3. The molecule has 7 heteroatoms. The van der Waals surface area contributed by atoms with Gasteiger partial charge in [-0.1, -0.05) is 29.8 Å². The number of thioether (sulfide) groups is 1. The van der Waals surface area contributed by atoms with Crippen molar-refractivity contribution >= 4 is 37.7 Å². The number of hydrogen-bond donors (Lipinski definition) is 0. The van der Waals surface area contributed by atoms with E-state index in [0.717, 1.165) is 4.47 Å². The van der Waals surface area contributed by atoms with Crippen LogP contribution in [-0.4, -0.2) is 43.4 Å². The number of nitrogens with zero attached hydrogens (tertiary/aromatic N) is 1. The first-order chi connectivity index (χ1) is 9.34. The monoisotopic (exact) mass is 379 g/mol. The van der Waals surface area contributed by atoms with Gasteiger partial charge in [0.15, 0.2) is 0 Å². The Morgan fingerprint density at radius 3 is 2.45 bits per heavy atom. The SMILES string of the molecule is COc1ccc(Br)cc1S(=O)(=O)N1CC(C)SC(C)C1. The second-order valence-corrected chi connectivity index (χ2v) is 9.58. The van der Waals surface area contributed by atoms with Gasteiger partial charge in [-0.15, -0.1) is 0 Å². The predicted octanol–water partition coefficient (Wildman–Crippen LogP) is 2.97. The van der Waals surface area contributed by atoms with Gasteiger partial charge >= 0.3 is 0 Å². The molecule has 112 valence electrons. The van der Waals surface area contributed by atoms with E-state index in [2.05, 4.69) is 29.8 Å². The number of methoxy groups -OCH3 is 1. The quantitative estimate of drug-likeness (QED) is 0.809. The van der Waals surface area contributed by atoms with Gasteiger partial charge in [-0.2, -0.15) is 16.1 Å². The molecular formula is C13H18BrNO3S2. The van der Waals surface area contributed by atoms with Crippen molar-refractivity contribution in [3.05, 3.63) is 22.7 Å². The highest BCUT2D eigenvalue weighted by Crippen LogP contribution is 2.33. The van der Waals surface area contributed by atoms with Gasteiger partial charge in [0.2, 0.25) is 10.0 Å². The molecule has 0 N–H and O–H groups in total. The molecule has 0 radical (unpaired) electrons. The summed E-state index contributed by atoms with van der Waals surface area (Å²) < 4.78 is 33.1. The third-order valence-electron chi connectivity index (χ3n) is 3.13. The largest absolute Gasteiger partial charge is 0.495 e. The van der Waals surface area contributed by atoms with E-state index in [9.17, 15) is 8.42 Å². The Hall–Kier alpha value is -0.240. The van der Waals surface area contributed by atoms with Crippen LogP contribution in [0.2, 0.25) is 0 Å². The first-order valence-corrected chi connectivity index (χ1v) is 9.51. The summed E-state index contributed by atoms with van der Waals surface area (Å²) in [6.45, 7) is 5.18. The Morgan fingerprint density at radius 1 is 1.30 bits per heavy atom. The lowest BCUT2D eigenvalue weighted by atomic mass is 10.3. The van der Waals surface area contributed by atoms with Crippen LogP contribution in [0.1, 0.15) is 13.8 Å². The van der Waals surface area contributed by atoms with Crippen LogP contribution in [0.4, 0.5) is 0 Å². The van der Waals surface area contributed by atoms with Crippen LogP contribution in [0.25, 0.3) is 0 Å². The summed E-state index contributed by atoms with van der Waals surface area (Å²) in [7, 11) is -2.04. The number of hydrogen-bond acceptors (Lipinski definition) is 4. The van der Waals surface area contributed by atoms with E-state index < -0.39 is 10.0 Å². The van der Waals surface area contributed by atoms with Gasteiger partial charge in [-0.05, 0) is 18.2 Å². The molecule has 4 nitrogen and oxygen atoms in total. The average molecular weight is 380 g/mol. The van der Waals surface area contributed by atoms with E-state index >= 15 is 0 Å². The molecule has 0 saturated carbocycles.